The molecule has 4 rings (SSSR count). The van der Waals surface area contributed by atoms with E-state index in [4.69, 9.17) is 4.74 Å². The molecule has 0 bridgehead atoms. The van der Waals surface area contributed by atoms with Crippen molar-refractivity contribution in [2.45, 2.75) is 13.5 Å². The molecule has 1 heterocycles. The van der Waals surface area contributed by atoms with E-state index < -0.39 is 0 Å². The van der Waals surface area contributed by atoms with Crippen LogP contribution >= 0.6 is 0 Å². The third-order valence-electron chi connectivity index (χ3n) is 4.64. The van der Waals surface area contributed by atoms with Crippen molar-refractivity contribution >= 4 is 22.5 Å². The Kier molecular flexibility index (Phi) is 3.53. The number of hydrogen-bond acceptors (Lipinski definition) is 3. The molecule has 0 atom stereocenters. The Hall–Kier alpha value is -3.14. The van der Waals surface area contributed by atoms with E-state index in [-0.39, 0.29) is 11.6 Å². The fourth-order valence-corrected chi connectivity index (χ4v) is 3.39. The normalized spacial score (nSPS) is 13.8. The van der Waals surface area contributed by atoms with Gasteiger partial charge in [0.25, 0.3) is 0 Å². The molecule has 124 valence electrons. The van der Waals surface area contributed by atoms with Gasteiger partial charge in [0.05, 0.1) is 12.7 Å². The Labute approximate surface area is 145 Å². The zero-order valence-corrected chi connectivity index (χ0v) is 14.1. The van der Waals surface area contributed by atoms with Crippen molar-refractivity contribution in [1.82, 2.24) is 4.57 Å². The zero-order chi connectivity index (χ0) is 17.6. The van der Waals surface area contributed by atoms with E-state index in [0.29, 0.717) is 23.4 Å². The summed E-state index contributed by atoms with van der Waals surface area (Å²) < 4.78 is 7.13. The minimum absolute atomic E-state index is 0.0701. The summed E-state index contributed by atoms with van der Waals surface area (Å²) >= 11 is 0. The molecule has 25 heavy (non-hydrogen) atoms. The number of para-hydroxylation sites is 1. The van der Waals surface area contributed by atoms with Crippen LogP contribution in [0.25, 0.3) is 10.9 Å². The number of carbonyl (C=O) groups excluding carboxylic acids is 2. The molecule has 1 aliphatic rings. The van der Waals surface area contributed by atoms with Gasteiger partial charge >= 0.3 is 0 Å². The van der Waals surface area contributed by atoms with Crippen molar-refractivity contribution in [3.8, 4) is 5.75 Å². The number of methoxy groups -OCH3 is 1. The molecule has 0 spiro atoms. The zero-order valence-electron chi connectivity index (χ0n) is 14.1. The predicted molar refractivity (Wildman–Crippen MR) is 96.5 cm³/mol. The lowest BCUT2D eigenvalue weighted by Crippen LogP contribution is -2.18. The summed E-state index contributed by atoms with van der Waals surface area (Å²) in [6.45, 7) is 2.21. The van der Waals surface area contributed by atoms with Gasteiger partial charge < -0.3 is 9.30 Å². The Bertz CT molecular complexity index is 1040. The lowest BCUT2D eigenvalue weighted by atomic mass is 9.93. The molecule has 3 aromatic rings. The molecule has 0 aliphatic heterocycles. The summed E-state index contributed by atoms with van der Waals surface area (Å²) in [5, 5.41) is 0.830. The van der Waals surface area contributed by atoms with Gasteiger partial charge in [0.2, 0.25) is 5.78 Å². The van der Waals surface area contributed by atoms with Gasteiger partial charge in [0.1, 0.15) is 11.4 Å². The van der Waals surface area contributed by atoms with Gasteiger partial charge in [0.15, 0.2) is 5.78 Å². The number of carbonyl (C=O) groups is 2. The first-order valence-electron chi connectivity index (χ1n) is 8.11. The molecule has 0 fully saturated rings. The molecule has 0 unspecified atom stereocenters. The highest BCUT2D eigenvalue weighted by Crippen LogP contribution is 2.32. The summed E-state index contributed by atoms with van der Waals surface area (Å²) in [6.07, 6.45) is 1.44. The number of ketones is 2. The van der Waals surface area contributed by atoms with Crippen LogP contribution in [0.1, 0.15) is 33.3 Å². The first-order valence-corrected chi connectivity index (χ1v) is 8.11. The average molecular weight is 331 g/mol. The molecule has 2 aromatic carbocycles. The number of aromatic nitrogens is 1. The van der Waals surface area contributed by atoms with Crippen LogP contribution in [0, 0.1) is 0 Å². The molecule has 0 N–H and O–H groups in total. The Morgan fingerprint density at radius 3 is 2.44 bits per heavy atom. The van der Waals surface area contributed by atoms with E-state index in [1.165, 1.54) is 6.08 Å². The SMILES string of the molecule is COc1ccc(Cn2c3c(c4ccccc42)C(=O)C(C)=CC3=O)cc1. The third-order valence-corrected chi connectivity index (χ3v) is 4.64. The van der Waals surface area contributed by atoms with Gasteiger partial charge in [-0.2, -0.15) is 0 Å². The number of fused-ring (bicyclic) bond motifs is 3. The molecule has 0 saturated carbocycles. The predicted octanol–water partition coefficient (Wildman–Crippen LogP) is 4.02. The molecule has 4 nitrogen and oxygen atoms in total. The van der Waals surface area contributed by atoms with Crippen LogP contribution in [-0.2, 0) is 6.54 Å². The van der Waals surface area contributed by atoms with Crippen LogP contribution in [0.5, 0.6) is 5.75 Å². The third kappa shape index (κ3) is 2.38. The van der Waals surface area contributed by atoms with Gasteiger partial charge in [-0.3, -0.25) is 9.59 Å². The minimum Gasteiger partial charge on any atom is -0.497 e. The van der Waals surface area contributed by atoms with Crippen molar-refractivity contribution in [2.24, 2.45) is 0 Å². The van der Waals surface area contributed by atoms with Gasteiger partial charge in [-0.1, -0.05) is 30.3 Å². The number of nitrogens with zero attached hydrogens (tertiary/aromatic N) is 1. The maximum atomic E-state index is 12.7. The molecule has 0 amide bonds. The van der Waals surface area contributed by atoms with Crippen LogP contribution < -0.4 is 4.74 Å². The summed E-state index contributed by atoms with van der Waals surface area (Å²) in [6, 6.07) is 15.4. The summed E-state index contributed by atoms with van der Waals surface area (Å²) in [7, 11) is 1.63. The second-order valence-corrected chi connectivity index (χ2v) is 6.20. The smallest absolute Gasteiger partial charge is 0.203 e. The molecule has 0 saturated heterocycles. The highest BCUT2D eigenvalue weighted by molar-refractivity contribution is 6.29. The average Bonchev–Trinajstić information content (AvgIpc) is 2.96. The van der Waals surface area contributed by atoms with Crippen molar-refractivity contribution in [3.63, 3.8) is 0 Å². The van der Waals surface area contributed by atoms with Gasteiger partial charge in [-0.15, -0.1) is 0 Å². The number of ether oxygens (including phenoxy) is 1. The van der Waals surface area contributed by atoms with E-state index in [1.807, 2.05) is 53.1 Å². The van der Waals surface area contributed by atoms with Gasteiger partial charge in [-0.25, -0.2) is 0 Å². The molecule has 4 heteroatoms. The number of benzene rings is 2. The van der Waals surface area contributed by atoms with E-state index in [2.05, 4.69) is 0 Å². The van der Waals surface area contributed by atoms with Crippen molar-refractivity contribution in [2.75, 3.05) is 7.11 Å². The first kappa shape index (κ1) is 15.4. The van der Waals surface area contributed by atoms with Crippen LogP contribution in [0.4, 0.5) is 0 Å². The molecular weight excluding hydrogens is 314 g/mol. The second-order valence-electron chi connectivity index (χ2n) is 6.20. The minimum atomic E-state index is -0.114. The quantitative estimate of drug-likeness (QED) is 0.728. The molecular formula is C21H17NO3. The Morgan fingerprint density at radius 2 is 1.72 bits per heavy atom. The maximum absolute atomic E-state index is 12.7. The van der Waals surface area contributed by atoms with Crippen LogP contribution in [0.15, 0.2) is 60.2 Å². The van der Waals surface area contributed by atoms with E-state index in [9.17, 15) is 9.59 Å². The van der Waals surface area contributed by atoms with Crippen LogP contribution in [-0.4, -0.2) is 23.2 Å². The lowest BCUT2D eigenvalue weighted by molar-refractivity contribution is 0.0980. The maximum Gasteiger partial charge on any atom is 0.203 e. The summed E-state index contributed by atoms with van der Waals surface area (Å²) in [5.74, 6) is 0.601. The van der Waals surface area contributed by atoms with Crippen molar-refractivity contribution in [1.29, 1.82) is 0 Å². The molecule has 1 aromatic heterocycles. The molecule has 0 radical (unpaired) electrons. The van der Waals surface area contributed by atoms with E-state index >= 15 is 0 Å². The van der Waals surface area contributed by atoms with Gasteiger partial charge in [-0.05, 0) is 36.8 Å². The van der Waals surface area contributed by atoms with Crippen molar-refractivity contribution < 1.29 is 14.3 Å². The van der Waals surface area contributed by atoms with E-state index in [1.54, 1.807) is 14.0 Å². The number of allylic oxidation sites excluding steroid dienone is 2. The Balaban J connectivity index is 1.91. The van der Waals surface area contributed by atoms with Crippen LogP contribution in [0.3, 0.4) is 0 Å². The van der Waals surface area contributed by atoms with Crippen LogP contribution in [0.2, 0.25) is 0 Å². The summed E-state index contributed by atoms with van der Waals surface area (Å²) in [5.41, 5.74) is 3.43. The highest BCUT2D eigenvalue weighted by atomic mass is 16.5. The Morgan fingerprint density at radius 1 is 1.00 bits per heavy atom. The second kappa shape index (κ2) is 5.74. The van der Waals surface area contributed by atoms with E-state index in [0.717, 1.165) is 22.2 Å². The molecule has 1 aliphatic carbocycles. The fourth-order valence-electron chi connectivity index (χ4n) is 3.39. The fraction of sp³-hybridized carbons (Fsp3) is 0.143. The highest BCUT2D eigenvalue weighted by Gasteiger charge is 2.30. The summed E-state index contributed by atoms with van der Waals surface area (Å²) in [4.78, 5) is 25.3. The monoisotopic (exact) mass is 331 g/mol. The number of Topliss-reactive ketones (excluding diaryl/α,β-unsaturated/α-hetero) is 1. The van der Waals surface area contributed by atoms with Crippen molar-refractivity contribution in [3.05, 3.63) is 77.0 Å². The topological polar surface area (TPSA) is 48.3 Å². The lowest BCUT2D eigenvalue weighted by Gasteiger charge is -2.13. The standard InChI is InChI=1S/C21H17NO3/c1-13-11-18(23)20-19(21(13)24)16-5-3-4-6-17(16)22(20)12-14-7-9-15(25-2)10-8-14/h3-11H,12H2,1-2H3. The van der Waals surface area contributed by atoms with Gasteiger partial charge in [0, 0.05) is 23.0 Å². The first-order chi connectivity index (χ1) is 12.1. The largest absolute Gasteiger partial charge is 0.497 e. The number of rotatable bonds is 3. The number of hydrogen-bond donors (Lipinski definition) is 0.